The van der Waals surface area contributed by atoms with Crippen molar-refractivity contribution in [3.8, 4) is 11.5 Å². The van der Waals surface area contributed by atoms with E-state index >= 15 is 0 Å². The van der Waals surface area contributed by atoms with Crippen LogP contribution in [0.2, 0.25) is 0 Å². The number of rotatable bonds is 5. The van der Waals surface area contributed by atoms with Crippen LogP contribution in [0.15, 0.2) is 36.4 Å². The molecule has 0 unspecified atom stereocenters. The standard InChI is InChI=1S/C18H20I2O2/c1-3-13(11-5-7-17(21)15(19)9-11)14(4-2)12-6-8-18(22)16(20)10-12/h5-10,13-14,21-22H,3-4H2,1-2H3/t13-,14+. The van der Waals surface area contributed by atoms with Gasteiger partial charge in [-0.3, -0.25) is 0 Å². The number of phenols is 2. The van der Waals surface area contributed by atoms with Crippen molar-refractivity contribution >= 4 is 45.2 Å². The molecule has 0 aliphatic heterocycles. The van der Waals surface area contributed by atoms with Gasteiger partial charge in [0.1, 0.15) is 11.5 Å². The van der Waals surface area contributed by atoms with Crippen LogP contribution in [0.1, 0.15) is 49.7 Å². The molecule has 2 N–H and O–H groups in total. The molecule has 2 atom stereocenters. The Morgan fingerprint density at radius 3 is 1.41 bits per heavy atom. The average Bonchev–Trinajstić information content (AvgIpc) is 2.50. The SMILES string of the molecule is CC[C@H](c1ccc(O)c(I)c1)[C@@H](CC)c1ccc(O)c(I)c1. The first-order valence-electron chi connectivity index (χ1n) is 7.44. The van der Waals surface area contributed by atoms with Crippen molar-refractivity contribution in [1.29, 1.82) is 0 Å². The lowest BCUT2D eigenvalue weighted by molar-refractivity contribution is 0.466. The summed E-state index contributed by atoms with van der Waals surface area (Å²) in [5, 5.41) is 19.5. The monoisotopic (exact) mass is 522 g/mol. The molecule has 0 amide bonds. The second kappa shape index (κ2) is 7.86. The molecule has 0 spiro atoms. The fourth-order valence-electron chi connectivity index (χ4n) is 3.01. The molecule has 118 valence electrons. The van der Waals surface area contributed by atoms with Gasteiger partial charge in [0.15, 0.2) is 0 Å². The lowest BCUT2D eigenvalue weighted by Gasteiger charge is -2.27. The van der Waals surface area contributed by atoms with Crippen molar-refractivity contribution in [3.63, 3.8) is 0 Å². The Labute approximate surface area is 159 Å². The zero-order chi connectivity index (χ0) is 16.3. The van der Waals surface area contributed by atoms with Crippen molar-refractivity contribution in [1.82, 2.24) is 0 Å². The molecule has 4 heteroatoms. The van der Waals surface area contributed by atoms with E-state index in [1.807, 2.05) is 12.1 Å². The van der Waals surface area contributed by atoms with Crippen LogP contribution in [0.5, 0.6) is 11.5 Å². The van der Waals surface area contributed by atoms with E-state index < -0.39 is 0 Å². The smallest absolute Gasteiger partial charge is 0.128 e. The Balaban J connectivity index is 2.41. The Morgan fingerprint density at radius 2 is 1.14 bits per heavy atom. The summed E-state index contributed by atoms with van der Waals surface area (Å²) in [4.78, 5) is 0. The van der Waals surface area contributed by atoms with Gasteiger partial charge in [0, 0.05) is 0 Å². The van der Waals surface area contributed by atoms with Gasteiger partial charge in [0.2, 0.25) is 0 Å². The normalized spacial score (nSPS) is 13.8. The maximum atomic E-state index is 9.74. The Bertz CT molecular complexity index is 598. The van der Waals surface area contributed by atoms with Crippen molar-refractivity contribution in [2.45, 2.75) is 38.5 Å². The molecule has 0 heterocycles. The topological polar surface area (TPSA) is 40.5 Å². The quantitative estimate of drug-likeness (QED) is 0.474. The van der Waals surface area contributed by atoms with E-state index in [1.54, 1.807) is 12.1 Å². The van der Waals surface area contributed by atoms with Gasteiger partial charge in [-0.1, -0.05) is 26.0 Å². The molecule has 2 aromatic carbocycles. The van der Waals surface area contributed by atoms with Crippen molar-refractivity contribution in [2.75, 3.05) is 0 Å². The van der Waals surface area contributed by atoms with Gasteiger partial charge in [-0.25, -0.2) is 0 Å². The second-order valence-corrected chi connectivity index (χ2v) is 7.78. The lowest BCUT2D eigenvalue weighted by atomic mass is 9.78. The van der Waals surface area contributed by atoms with E-state index in [1.165, 1.54) is 11.1 Å². The third kappa shape index (κ3) is 3.88. The fraction of sp³-hybridized carbons (Fsp3) is 0.333. The van der Waals surface area contributed by atoms with Crippen LogP contribution in [-0.4, -0.2) is 10.2 Å². The van der Waals surface area contributed by atoms with E-state index in [0.717, 1.165) is 20.0 Å². The van der Waals surface area contributed by atoms with Crippen LogP contribution in [0.25, 0.3) is 0 Å². The first-order chi connectivity index (χ1) is 10.5. The summed E-state index contributed by atoms with van der Waals surface area (Å²) in [6, 6.07) is 11.8. The third-order valence-electron chi connectivity index (χ3n) is 4.17. The molecule has 0 radical (unpaired) electrons. The minimum atomic E-state index is 0.339. The number of hydrogen-bond acceptors (Lipinski definition) is 2. The van der Waals surface area contributed by atoms with Crippen LogP contribution in [0, 0.1) is 7.14 Å². The Hall–Kier alpha value is -0.500. The third-order valence-corrected chi connectivity index (χ3v) is 5.89. The molecule has 0 bridgehead atoms. The first-order valence-corrected chi connectivity index (χ1v) is 9.60. The molecule has 22 heavy (non-hydrogen) atoms. The van der Waals surface area contributed by atoms with Crippen LogP contribution in [-0.2, 0) is 0 Å². The number of hydrogen-bond donors (Lipinski definition) is 2. The maximum absolute atomic E-state index is 9.74. The predicted octanol–water partition coefficient (Wildman–Crippen LogP) is 5.99. The van der Waals surface area contributed by atoms with E-state index in [9.17, 15) is 10.2 Å². The Morgan fingerprint density at radius 1 is 0.773 bits per heavy atom. The maximum Gasteiger partial charge on any atom is 0.128 e. The summed E-state index contributed by atoms with van der Waals surface area (Å²) in [7, 11) is 0. The molecule has 0 aliphatic rings. The van der Waals surface area contributed by atoms with Crippen LogP contribution in [0.3, 0.4) is 0 Å². The summed E-state index contributed by atoms with van der Waals surface area (Å²) in [5.74, 6) is 1.48. The van der Waals surface area contributed by atoms with Crippen molar-refractivity contribution < 1.29 is 10.2 Å². The highest BCUT2D eigenvalue weighted by atomic mass is 127. The highest BCUT2D eigenvalue weighted by molar-refractivity contribution is 14.1. The van der Waals surface area contributed by atoms with E-state index in [0.29, 0.717) is 23.3 Å². The van der Waals surface area contributed by atoms with Gasteiger partial charge >= 0.3 is 0 Å². The van der Waals surface area contributed by atoms with Gasteiger partial charge in [-0.15, -0.1) is 0 Å². The van der Waals surface area contributed by atoms with Gasteiger partial charge in [0.25, 0.3) is 0 Å². The number of benzene rings is 2. The summed E-state index contributed by atoms with van der Waals surface area (Å²) < 4.78 is 1.78. The molecule has 2 nitrogen and oxygen atoms in total. The van der Waals surface area contributed by atoms with Crippen molar-refractivity contribution in [2.24, 2.45) is 0 Å². The summed E-state index contributed by atoms with van der Waals surface area (Å²) in [6.07, 6.45) is 2.08. The summed E-state index contributed by atoms with van der Waals surface area (Å²) in [5.41, 5.74) is 2.53. The molecule has 0 fully saturated rings. The summed E-state index contributed by atoms with van der Waals surface area (Å²) >= 11 is 4.35. The number of aromatic hydroxyl groups is 2. The van der Waals surface area contributed by atoms with E-state index in [2.05, 4.69) is 71.2 Å². The molecule has 0 aromatic heterocycles. The van der Waals surface area contributed by atoms with Gasteiger partial charge < -0.3 is 10.2 Å². The Kier molecular flexibility index (Phi) is 6.37. The van der Waals surface area contributed by atoms with Crippen molar-refractivity contribution in [3.05, 3.63) is 54.7 Å². The van der Waals surface area contributed by atoms with Gasteiger partial charge in [0.05, 0.1) is 7.14 Å². The van der Waals surface area contributed by atoms with Crippen LogP contribution in [0.4, 0.5) is 0 Å². The molecule has 2 aromatic rings. The molecular formula is C18H20I2O2. The number of halogens is 2. The molecular weight excluding hydrogens is 502 g/mol. The predicted molar refractivity (Wildman–Crippen MR) is 108 cm³/mol. The zero-order valence-corrected chi connectivity index (χ0v) is 17.0. The lowest BCUT2D eigenvalue weighted by Crippen LogP contribution is -2.10. The van der Waals surface area contributed by atoms with Crippen LogP contribution < -0.4 is 0 Å². The minimum absolute atomic E-state index is 0.339. The largest absolute Gasteiger partial charge is 0.507 e. The molecule has 0 saturated carbocycles. The molecule has 0 saturated heterocycles. The van der Waals surface area contributed by atoms with Gasteiger partial charge in [-0.2, -0.15) is 0 Å². The van der Waals surface area contributed by atoms with E-state index in [4.69, 9.17) is 0 Å². The highest BCUT2D eigenvalue weighted by Gasteiger charge is 2.23. The minimum Gasteiger partial charge on any atom is -0.507 e. The first kappa shape index (κ1) is 17.8. The highest BCUT2D eigenvalue weighted by Crippen LogP contribution is 2.40. The number of phenolic OH excluding ortho intramolecular Hbond substituents is 2. The van der Waals surface area contributed by atoms with Crippen LogP contribution >= 0.6 is 45.2 Å². The summed E-state index contributed by atoms with van der Waals surface area (Å²) in [6.45, 7) is 4.41. The van der Waals surface area contributed by atoms with E-state index in [-0.39, 0.29) is 0 Å². The fourth-order valence-corrected chi connectivity index (χ4v) is 4.09. The molecule has 0 aliphatic carbocycles. The molecule has 2 rings (SSSR count). The second-order valence-electron chi connectivity index (χ2n) is 5.45. The zero-order valence-electron chi connectivity index (χ0n) is 12.7. The average molecular weight is 522 g/mol. The van der Waals surface area contributed by atoms with Gasteiger partial charge in [-0.05, 0) is 105 Å².